The molecule has 0 aliphatic carbocycles. The monoisotopic (exact) mass is 265 g/mol. The highest BCUT2D eigenvalue weighted by Crippen LogP contribution is 2.11. The number of nitrogens with zero attached hydrogens (tertiary/aromatic N) is 1. The fourth-order valence-electron chi connectivity index (χ4n) is 1.99. The number of pyridine rings is 1. The molecule has 1 aromatic rings. The zero-order valence-corrected chi connectivity index (χ0v) is 11.4. The summed E-state index contributed by atoms with van der Waals surface area (Å²) in [5.74, 6) is 0. The van der Waals surface area contributed by atoms with Gasteiger partial charge in [-0.2, -0.15) is 0 Å². The molecule has 5 heteroatoms. The molecule has 2 N–H and O–H groups in total. The molecule has 0 spiro atoms. The van der Waals surface area contributed by atoms with Crippen LogP contribution in [0.5, 0.6) is 0 Å². The van der Waals surface area contributed by atoms with Crippen LogP contribution in [-0.4, -0.2) is 29.4 Å². The smallest absolute Gasteiger partial charge is 0.166 e. The molecular weight excluding hydrogens is 246 g/mol. The number of hydrogen-bond donors (Lipinski definition) is 2. The fraction of sp³-hybridized carbons (Fsp3) is 0.538. The molecular formula is C13H19N3OS. The van der Waals surface area contributed by atoms with E-state index in [1.54, 1.807) is 12.4 Å². The number of ether oxygens (including phenoxy) is 1. The van der Waals surface area contributed by atoms with E-state index >= 15 is 0 Å². The van der Waals surface area contributed by atoms with Crippen LogP contribution in [0.3, 0.4) is 0 Å². The first-order valence-electron chi connectivity index (χ1n) is 6.31. The van der Waals surface area contributed by atoms with Gasteiger partial charge in [0, 0.05) is 25.5 Å². The van der Waals surface area contributed by atoms with E-state index in [-0.39, 0.29) is 6.04 Å². The standard InChI is InChI=1S/C13H19N3OS/c1-10(11-4-6-14-7-5-11)16-13(18)15-9-12-3-2-8-17-12/h4-7,10,12H,2-3,8-9H2,1H3,(H2,15,16,18). The van der Waals surface area contributed by atoms with E-state index in [2.05, 4.69) is 22.5 Å². The predicted molar refractivity (Wildman–Crippen MR) is 75.4 cm³/mol. The van der Waals surface area contributed by atoms with Gasteiger partial charge in [-0.15, -0.1) is 0 Å². The lowest BCUT2D eigenvalue weighted by atomic mass is 10.1. The Balaban J connectivity index is 1.73. The maximum absolute atomic E-state index is 5.53. The number of thiocarbonyl (C=S) groups is 1. The molecule has 1 aromatic heterocycles. The molecule has 0 amide bonds. The van der Waals surface area contributed by atoms with Crippen LogP contribution in [0.25, 0.3) is 0 Å². The summed E-state index contributed by atoms with van der Waals surface area (Å²) >= 11 is 5.27. The fourth-order valence-corrected chi connectivity index (χ4v) is 2.26. The Labute approximate surface area is 113 Å². The van der Waals surface area contributed by atoms with Crippen LogP contribution >= 0.6 is 12.2 Å². The van der Waals surface area contributed by atoms with Crippen molar-refractivity contribution in [3.05, 3.63) is 30.1 Å². The molecule has 0 radical (unpaired) electrons. The number of nitrogens with one attached hydrogen (secondary N) is 2. The topological polar surface area (TPSA) is 46.2 Å². The van der Waals surface area contributed by atoms with Crippen molar-refractivity contribution in [3.63, 3.8) is 0 Å². The molecule has 1 aliphatic rings. The van der Waals surface area contributed by atoms with Crippen LogP contribution in [-0.2, 0) is 4.74 Å². The van der Waals surface area contributed by atoms with Crippen molar-refractivity contribution in [3.8, 4) is 0 Å². The van der Waals surface area contributed by atoms with E-state index in [1.807, 2.05) is 12.1 Å². The molecule has 0 bridgehead atoms. The first kappa shape index (κ1) is 13.2. The zero-order valence-electron chi connectivity index (χ0n) is 10.6. The Morgan fingerprint density at radius 2 is 2.33 bits per heavy atom. The highest BCUT2D eigenvalue weighted by Gasteiger charge is 2.15. The van der Waals surface area contributed by atoms with E-state index < -0.39 is 0 Å². The third-order valence-corrected chi connectivity index (χ3v) is 3.33. The minimum atomic E-state index is 0.178. The summed E-state index contributed by atoms with van der Waals surface area (Å²) < 4.78 is 5.53. The summed E-state index contributed by atoms with van der Waals surface area (Å²) in [6.45, 7) is 3.74. The predicted octanol–water partition coefficient (Wildman–Crippen LogP) is 1.79. The summed E-state index contributed by atoms with van der Waals surface area (Å²) in [6, 6.07) is 4.15. The third-order valence-electron chi connectivity index (χ3n) is 3.07. The van der Waals surface area contributed by atoms with E-state index in [4.69, 9.17) is 17.0 Å². The third kappa shape index (κ3) is 3.92. The van der Waals surface area contributed by atoms with E-state index in [0.29, 0.717) is 11.2 Å². The van der Waals surface area contributed by atoms with Crippen molar-refractivity contribution in [2.24, 2.45) is 0 Å². The van der Waals surface area contributed by atoms with Crippen molar-refractivity contribution in [2.75, 3.05) is 13.2 Å². The average molecular weight is 265 g/mol. The first-order chi connectivity index (χ1) is 8.75. The van der Waals surface area contributed by atoms with Gasteiger partial charge in [0.15, 0.2) is 5.11 Å². The molecule has 2 unspecified atom stereocenters. The Hall–Kier alpha value is -1.20. The Bertz CT molecular complexity index is 379. The van der Waals surface area contributed by atoms with Gasteiger partial charge in [0.1, 0.15) is 0 Å². The maximum atomic E-state index is 5.53. The number of hydrogen-bond acceptors (Lipinski definition) is 3. The molecule has 1 saturated heterocycles. The van der Waals surface area contributed by atoms with Gasteiger partial charge in [0.2, 0.25) is 0 Å². The van der Waals surface area contributed by atoms with Crippen LogP contribution in [0.1, 0.15) is 31.4 Å². The van der Waals surface area contributed by atoms with Gasteiger partial charge in [-0.1, -0.05) is 0 Å². The van der Waals surface area contributed by atoms with Crippen LogP contribution in [0.2, 0.25) is 0 Å². The highest BCUT2D eigenvalue weighted by atomic mass is 32.1. The summed E-state index contributed by atoms with van der Waals surface area (Å²) in [7, 11) is 0. The average Bonchev–Trinajstić information content (AvgIpc) is 2.90. The zero-order chi connectivity index (χ0) is 12.8. The van der Waals surface area contributed by atoms with Gasteiger partial charge in [0.25, 0.3) is 0 Å². The van der Waals surface area contributed by atoms with E-state index in [0.717, 1.165) is 26.0 Å². The second-order valence-corrected chi connectivity index (χ2v) is 4.90. The summed E-state index contributed by atoms with van der Waals surface area (Å²) in [5, 5.41) is 7.14. The second-order valence-electron chi connectivity index (χ2n) is 4.49. The van der Waals surface area contributed by atoms with Crippen molar-refractivity contribution >= 4 is 17.3 Å². The Kier molecular flexibility index (Phi) is 4.90. The van der Waals surface area contributed by atoms with Crippen molar-refractivity contribution in [1.29, 1.82) is 0 Å². The van der Waals surface area contributed by atoms with Gasteiger partial charge in [0.05, 0.1) is 12.1 Å². The SMILES string of the molecule is CC(NC(=S)NCC1CCCO1)c1ccncc1. The molecule has 2 heterocycles. The molecule has 0 saturated carbocycles. The van der Waals surface area contributed by atoms with Crippen LogP contribution in [0.4, 0.5) is 0 Å². The molecule has 18 heavy (non-hydrogen) atoms. The van der Waals surface area contributed by atoms with Gasteiger partial charge in [-0.05, 0) is 49.7 Å². The minimum Gasteiger partial charge on any atom is -0.376 e. The molecule has 4 nitrogen and oxygen atoms in total. The van der Waals surface area contributed by atoms with E-state index in [9.17, 15) is 0 Å². The molecule has 2 atom stereocenters. The molecule has 2 rings (SSSR count). The van der Waals surface area contributed by atoms with Crippen molar-refractivity contribution in [2.45, 2.75) is 31.9 Å². The van der Waals surface area contributed by atoms with Crippen LogP contribution in [0.15, 0.2) is 24.5 Å². The van der Waals surface area contributed by atoms with Gasteiger partial charge in [-0.3, -0.25) is 4.98 Å². The maximum Gasteiger partial charge on any atom is 0.166 e. The van der Waals surface area contributed by atoms with Crippen LogP contribution in [0, 0.1) is 0 Å². The normalized spacial score (nSPS) is 20.4. The molecule has 1 fully saturated rings. The number of aromatic nitrogens is 1. The summed E-state index contributed by atoms with van der Waals surface area (Å²) in [6.07, 6.45) is 6.16. The highest BCUT2D eigenvalue weighted by molar-refractivity contribution is 7.80. The molecule has 98 valence electrons. The van der Waals surface area contributed by atoms with Crippen molar-refractivity contribution in [1.82, 2.24) is 15.6 Å². The lowest BCUT2D eigenvalue weighted by molar-refractivity contribution is 0.114. The van der Waals surface area contributed by atoms with Gasteiger partial charge >= 0.3 is 0 Å². The van der Waals surface area contributed by atoms with Crippen molar-refractivity contribution < 1.29 is 4.74 Å². The van der Waals surface area contributed by atoms with Gasteiger partial charge in [-0.25, -0.2) is 0 Å². The molecule has 0 aromatic carbocycles. The Morgan fingerprint density at radius 1 is 1.56 bits per heavy atom. The van der Waals surface area contributed by atoms with Crippen LogP contribution < -0.4 is 10.6 Å². The lowest BCUT2D eigenvalue weighted by Gasteiger charge is -2.18. The minimum absolute atomic E-state index is 0.178. The summed E-state index contributed by atoms with van der Waals surface area (Å²) in [5.41, 5.74) is 1.17. The quantitative estimate of drug-likeness (QED) is 0.813. The lowest BCUT2D eigenvalue weighted by Crippen LogP contribution is -2.40. The summed E-state index contributed by atoms with van der Waals surface area (Å²) in [4.78, 5) is 4.00. The Morgan fingerprint density at radius 3 is 3.00 bits per heavy atom. The second kappa shape index (κ2) is 6.66. The number of rotatable bonds is 4. The van der Waals surface area contributed by atoms with Gasteiger partial charge < -0.3 is 15.4 Å². The molecule has 1 aliphatic heterocycles. The van der Waals surface area contributed by atoms with E-state index in [1.165, 1.54) is 5.56 Å². The largest absolute Gasteiger partial charge is 0.376 e. The first-order valence-corrected chi connectivity index (χ1v) is 6.72.